The molecule has 3 amide bonds. The molecule has 0 saturated carbocycles. The van der Waals surface area contributed by atoms with E-state index in [0.29, 0.717) is 5.02 Å². The maximum Gasteiger partial charge on any atom is 0.321 e. The Morgan fingerprint density at radius 1 is 1.43 bits per heavy atom. The number of hydrogen-bond donors (Lipinski definition) is 2. The zero-order valence-electron chi connectivity index (χ0n) is 13.2. The molecule has 0 aliphatic rings. The van der Waals surface area contributed by atoms with Crippen LogP contribution in [0.25, 0.3) is 11.0 Å². The lowest BCUT2D eigenvalue weighted by molar-refractivity contribution is -0.119. The Morgan fingerprint density at radius 3 is 2.83 bits per heavy atom. The highest BCUT2D eigenvalue weighted by molar-refractivity contribution is 8.00. The van der Waals surface area contributed by atoms with E-state index in [1.54, 1.807) is 6.92 Å². The van der Waals surface area contributed by atoms with Crippen LogP contribution in [0, 0.1) is 0 Å². The molecule has 0 aliphatic heterocycles. The van der Waals surface area contributed by atoms with Crippen LogP contribution in [-0.4, -0.2) is 33.8 Å². The van der Waals surface area contributed by atoms with Gasteiger partial charge in [0.15, 0.2) is 5.16 Å². The number of aryl methyl sites for hydroxylation is 1. The van der Waals surface area contributed by atoms with Crippen molar-refractivity contribution in [2.45, 2.75) is 37.2 Å². The highest BCUT2D eigenvalue weighted by Gasteiger charge is 2.20. The van der Waals surface area contributed by atoms with Gasteiger partial charge in [-0.2, -0.15) is 0 Å². The van der Waals surface area contributed by atoms with Crippen molar-refractivity contribution in [2.75, 3.05) is 7.05 Å². The summed E-state index contributed by atoms with van der Waals surface area (Å²) in [5.41, 5.74) is 1.78. The SMILES string of the molecule is CCCn1c(S[C@@H](C)C(=O)NC(=O)NC)nc2cc(Cl)ccc21. The number of carbonyl (C=O) groups excluding carboxylic acids is 2. The summed E-state index contributed by atoms with van der Waals surface area (Å²) in [5.74, 6) is -0.359. The van der Waals surface area contributed by atoms with E-state index in [0.717, 1.165) is 29.2 Å². The van der Waals surface area contributed by atoms with Gasteiger partial charge in [0.25, 0.3) is 0 Å². The van der Waals surface area contributed by atoms with Gasteiger partial charge in [-0.05, 0) is 31.5 Å². The summed E-state index contributed by atoms with van der Waals surface area (Å²) in [6.45, 7) is 4.62. The molecule has 124 valence electrons. The molecule has 6 nitrogen and oxygen atoms in total. The van der Waals surface area contributed by atoms with Gasteiger partial charge >= 0.3 is 6.03 Å². The largest absolute Gasteiger partial charge is 0.341 e. The Kier molecular flexibility index (Phi) is 5.90. The highest BCUT2D eigenvalue weighted by atomic mass is 35.5. The zero-order chi connectivity index (χ0) is 17.0. The molecule has 2 aromatic rings. The van der Waals surface area contributed by atoms with Crippen molar-refractivity contribution < 1.29 is 9.59 Å². The number of amides is 3. The molecule has 8 heteroatoms. The Labute approximate surface area is 144 Å². The monoisotopic (exact) mass is 354 g/mol. The van der Waals surface area contributed by atoms with E-state index in [1.807, 2.05) is 18.2 Å². The van der Waals surface area contributed by atoms with Gasteiger partial charge in [-0.25, -0.2) is 9.78 Å². The number of fused-ring (bicyclic) bond motifs is 1. The van der Waals surface area contributed by atoms with Gasteiger partial charge < -0.3 is 9.88 Å². The van der Waals surface area contributed by atoms with E-state index in [1.165, 1.54) is 18.8 Å². The number of aromatic nitrogens is 2. The van der Waals surface area contributed by atoms with Gasteiger partial charge in [0, 0.05) is 18.6 Å². The maximum atomic E-state index is 12.0. The number of nitrogens with one attached hydrogen (secondary N) is 2. The molecule has 2 N–H and O–H groups in total. The number of benzene rings is 1. The molecule has 1 atom stereocenters. The number of rotatable bonds is 5. The first-order chi connectivity index (χ1) is 11.0. The van der Waals surface area contributed by atoms with E-state index in [9.17, 15) is 9.59 Å². The first-order valence-electron chi connectivity index (χ1n) is 7.31. The summed E-state index contributed by atoms with van der Waals surface area (Å²) < 4.78 is 2.07. The molecule has 0 radical (unpaired) electrons. The van der Waals surface area contributed by atoms with Gasteiger partial charge in [0.2, 0.25) is 5.91 Å². The van der Waals surface area contributed by atoms with E-state index < -0.39 is 11.3 Å². The minimum absolute atomic E-state index is 0.359. The van der Waals surface area contributed by atoms with Crippen LogP contribution in [0.1, 0.15) is 20.3 Å². The third kappa shape index (κ3) is 4.17. The van der Waals surface area contributed by atoms with Crippen molar-refractivity contribution in [3.05, 3.63) is 23.2 Å². The normalized spacial score (nSPS) is 12.2. The molecule has 0 unspecified atom stereocenters. The Balaban J connectivity index is 2.26. The lowest BCUT2D eigenvalue weighted by Gasteiger charge is -2.12. The molecule has 0 saturated heterocycles. The predicted octanol–water partition coefficient (Wildman–Crippen LogP) is 3.04. The Morgan fingerprint density at radius 2 is 2.17 bits per heavy atom. The van der Waals surface area contributed by atoms with E-state index >= 15 is 0 Å². The highest BCUT2D eigenvalue weighted by Crippen LogP contribution is 2.29. The smallest absolute Gasteiger partial charge is 0.321 e. The van der Waals surface area contributed by atoms with Crippen LogP contribution >= 0.6 is 23.4 Å². The lowest BCUT2D eigenvalue weighted by atomic mass is 10.3. The van der Waals surface area contributed by atoms with Crippen molar-refractivity contribution >= 4 is 46.3 Å². The Hall–Kier alpha value is -1.73. The average Bonchev–Trinajstić information content (AvgIpc) is 2.84. The molecule has 0 aliphatic carbocycles. The number of thioether (sulfide) groups is 1. The average molecular weight is 355 g/mol. The number of imide groups is 1. The molecule has 2 rings (SSSR count). The first-order valence-corrected chi connectivity index (χ1v) is 8.57. The fourth-order valence-electron chi connectivity index (χ4n) is 2.10. The maximum absolute atomic E-state index is 12.0. The third-order valence-electron chi connectivity index (χ3n) is 3.24. The molecule has 0 bridgehead atoms. The molecule has 1 aromatic heterocycles. The van der Waals surface area contributed by atoms with Gasteiger partial charge in [0.05, 0.1) is 16.3 Å². The summed E-state index contributed by atoms with van der Waals surface area (Å²) >= 11 is 7.34. The molecular formula is C15H19ClN4O2S. The van der Waals surface area contributed by atoms with E-state index in [-0.39, 0.29) is 5.91 Å². The first kappa shape index (κ1) is 17.6. The number of halogens is 1. The summed E-state index contributed by atoms with van der Waals surface area (Å²) in [5, 5.41) is 5.55. The third-order valence-corrected chi connectivity index (χ3v) is 4.56. The van der Waals surface area contributed by atoms with Gasteiger partial charge in [-0.15, -0.1) is 0 Å². The van der Waals surface area contributed by atoms with Crippen LogP contribution < -0.4 is 10.6 Å². The lowest BCUT2D eigenvalue weighted by Crippen LogP contribution is -2.41. The second-order valence-electron chi connectivity index (χ2n) is 5.01. The molecule has 1 aromatic carbocycles. The van der Waals surface area contributed by atoms with Crippen molar-refractivity contribution in [3.63, 3.8) is 0 Å². The van der Waals surface area contributed by atoms with Crippen LogP contribution in [-0.2, 0) is 11.3 Å². The van der Waals surface area contributed by atoms with E-state index in [4.69, 9.17) is 11.6 Å². The van der Waals surface area contributed by atoms with Crippen molar-refractivity contribution in [2.24, 2.45) is 0 Å². The summed E-state index contributed by atoms with van der Waals surface area (Å²) in [6.07, 6.45) is 0.945. The van der Waals surface area contributed by atoms with Gasteiger partial charge in [-0.1, -0.05) is 30.3 Å². The van der Waals surface area contributed by atoms with Crippen molar-refractivity contribution in [1.29, 1.82) is 0 Å². The topological polar surface area (TPSA) is 76.0 Å². The van der Waals surface area contributed by atoms with Crippen molar-refractivity contribution in [3.8, 4) is 0 Å². The quantitative estimate of drug-likeness (QED) is 0.809. The van der Waals surface area contributed by atoms with Crippen LogP contribution in [0.3, 0.4) is 0 Å². The second-order valence-corrected chi connectivity index (χ2v) is 6.75. The van der Waals surface area contributed by atoms with Crippen LogP contribution in [0.5, 0.6) is 0 Å². The minimum atomic E-state index is -0.517. The summed E-state index contributed by atoms with van der Waals surface area (Å²) in [6, 6.07) is 5.05. The van der Waals surface area contributed by atoms with E-state index in [2.05, 4.69) is 27.1 Å². The number of hydrogen-bond acceptors (Lipinski definition) is 4. The fourth-order valence-corrected chi connectivity index (χ4v) is 3.21. The number of imidazole rings is 1. The molecule has 0 fully saturated rings. The second kappa shape index (κ2) is 7.70. The zero-order valence-corrected chi connectivity index (χ0v) is 14.8. The molecular weight excluding hydrogens is 336 g/mol. The van der Waals surface area contributed by atoms with Crippen LogP contribution in [0.4, 0.5) is 4.79 Å². The summed E-state index contributed by atoms with van der Waals surface area (Å²) in [7, 11) is 1.46. The van der Waals surface area contributed by atoms with Crippen LogP contribution in [0.2, 0.25) is 5.02 Å². The van der Waals surface area contributed by atoms with Crippen molar-refractivity contribution in [1.82, 2.24) is 20.2 Å². The van der Waals surface area contributed by atoms with Gasteiger partial charge in [-0.3, -0.25) is 10.1 Å². The molecule has 0 spiro atoms. The fraction of sp³-hybridized carbons (Fsp3) is 0.400. The number of carbonyl (C=O) groups is 2. The predicted molar refractivity (Wildman–Crippen MR) is 93.0 cm³/mol. The molecule has 23 heavy (non-hydrogen) atoms. The standard InChI is InChI=1S/C15H19ClN4O2S/c1-4-7-20-12-6-5-10(16)8-11(12)18-15(20)23-9(2)13(21)19-14(22)17-3/h5-6,8-9H,4,7H2,1-3H3,(H2,17,19,21,22)/t9-/m0/s1. The van der Waals surface area contributed by atoms with Crippen LogP contribution in [0.15, 0.2) is 23.4 Å². The Bertz CT molecular complexity index is 732. The minimum Gasteiger partial charge on any atom is -0.341 e. The number of urea groups is 1. The van der Waals surface area contributed by atoms with Gasteiger partial charge in [0.1, 0.15) is 0 Å². The summed E-state index contributed by atoms with van der Waals surface area (Å²) in [4.78, 5) is 27.8. The molecule has 1 heterocycles. The number of nitrogens with zero attached hydrogens (tertiary/aromatic N) is 2.